The van der Waals surface area contributed by atoms with Crippen molar-refractivity contribution < 1.29 is 19.1 Å². The van der Waals surface area contributed by atoms with Gasteiger partial charge >= 0.3 is 0 Å². The number of rotatable bonds is 7. The molecule has 2 aromatic rings. The van der Waals surface area contributed by atoms with Crippen molar-refractivity contribution in [3.8, 4) is 17.2 Å². The van der Waals surface area contributed by atoms with Crippen LogP contribution in [0.25, 0.3) is 0 Å². The predicted octanol–water partition coefficient (Wildman–Crippen LogP) is 3.07. The van der Waals surface area contributed by atoms with Gasteiger partial charge in [-0.2, -0.15) is 5.10 Å². The standard InChI is InChI=1S/C16H17N3O5/c1-22-14-8-11(9-15(23-2)16(14)24-3)10-17-18-12-6-4-5-7-13(12)19(20)21/h4-10,18H,1-3H3/b17-10-. The zero-order chi connectivity index (χ0) is 17.5. The second kappa shape index (κ2) is 7.82. The van der Waals surface area contributed by atoms with E-state index >= 15 is 0 Å². The topological polar surface area (TPSA) is 95.2 Å². The Balaban J connectivity index is 2.25. The first-order valence-corrected chi connectivity index (χ1v) is 6.93. The number of hydrazone groups is 1. The maximum Gasteiger partial charge on any atom is 0.294 e. The summed E-state index contributed by atoms with van der Waals surface area (Å²) in [4.78, 5) is 10.5. The molecular formula is C16H17N3O5. The Hall–Kier alpha value is -3.29. The highest BCUT2D eigenvalue weighted by atomic mass is 16.6. The highest BCUT2D eigenvalue weighted by Gasteiger charge is 2.13. The average Bonchev–Trinajstić information content (AvgIpc) is 2.61. The summed E-state index contributed by atoms with van der Waals surface area (Å²) in [6.45, 7) is 0. The summed E-state index contributed by atoms with van der Waals surface area (Å²) in [6, 6.07) is 9.68. The lowest BCUT2D eigenvalue weighted by molar-refractivity contribution is -0.384. The lowest BCUT2D eigenvalue weighted by Crippen LogP contribution is -1.98. The maximum atomic E-state index is 11.0. The molecule has 2 aromatic carbocycles. The van der Waals surface area contributed by atoms with Crippen LogP contribution in [0.3, 0.4) is 0 Å². The number of anilines is 1. The first-order chi connectivity index (χ1) is 11.6. The largest absolute Gasteiger partial charge is 0.493 e. The Kier molecular flexibility index (Phi) is 5.56. The summed E-state index contributed by atoms with van der Waals surface area (Å²) in [5, 5.41) is 15.0. The average molecular weight is 331 g/mol. The molecule has 0 aliphatic heterocycles. The Morgan fingerprint density at radius 1 is 1.08 bits per heavy atom. The normalized spacial score (nSPS) is 10.5. The van der Waals surface area contributed by atoms with Crippen LogP contribution in [0.15, 0.2) is 41.5 Å². The van der Waals surface area contributed by atoms with Crippen molar-refractivity contribution in [2.75, 3.05) is 26.8 Å². The third-order valence-corrected chi connectivity index (χ3v) is 3.19. The van der Waals surface area contributed by atoms with Crippen molar-refractivity contribution in [2.24, 2.45) is 5.10 Å². The van der Waals surface area contributed by atoms with E-state index in [0.717, 1.165) is 0 Å². The third kappa shape index (κ3) is 3.72. The minimum atomic E-state index is -0.475. The molecule has 0 radical (unpaired) electrons. The van der Waals surface area contributed by atoms with Crippen LogP contribution in [0.4, 0.5) is 11.4 Å². The number of nitrogens with zero attached hydrogens (tertiary/aromatic N) is 2. The molecule has 2 rings (SSSR count). The first-order valence-electron chi connectivity index (χ1n) is 6.93. The lowest BCUT2D eigenvalue weighted by atomic mass is 10.2. The Morgan fingerprint density at radius 2 is 1.71 bits per heavy atom. The van der Waals surface area contributed by atoms with E-state index in [1.165, 1.54) is 33.6 Å². The molecule has 0 amide bonds. The van der Waals surface area contributed by atoms with E-state index in [-0.39, 0.29) is 5.69 Å². The van der Waals surface area contributed by atoms with Crippen molar-refractivity contribution in [3.05, 3.63) is 52.1 Å². The fourth-order valence-electron chi connectivity index (χ4n) is 2.08. The van der Waals surface area contributed by atoms with Gasteiger partial charge in [0.05, 0.1) is 32.5 Å². The lowest BCUT2D eigenvalue weighted by Gasteiger charge is -2.12. The molecule has 0 bridgehead atoms. The molecule has 24 heavy (non-hydrogen) atoms. The summed E-state index contributed by atoms with van der Waals surface area (Å²) < 4.78 is 15.8. The molecule has 0 heterocycles. The zero-order valence-corrected chi connectivity index (χ0v) is 13.5. The molecule has 8 nitrogen and oxygen atoms in total. The monoisotopic (exact) mass is 331 g/mol. The van der Waals surface area contributed by atoms with E-state index in [4.69, 9.17) is 14.2 Å². The van der Waals surface area contributed by atoms with Crippen LogP contribution in [-0.4, -0.2) is 32.5 Å². The van der Waals surface area contributed by atoms with E-state index in [9.17, 15) is 10.1 Å². The maximum absolute atomic E-state index is 11.0. The van der Waals surface area contributed by atoms with Crippen LogP contribution in [0.2, 0.25) is 0 Å². The summed E-state index contributed by atoms with van der Waals surface area (Å²) in [7, 11) is 4.55. The molecule has 0 aliphatic rings. The molecule has 0 aromatic heterocycles. The predicted molar refractivity (Wildman–Crippen MR) is 90.4 cm³/mol. The van der Waals surface area contributed by atoms with Crippen LogP contribution in [0.5, 0.6) is 17.2 Å². The quantitative estimate of drug-likeness (QED) is 0.476. The van der Waals surface area contributed by atoms with Gasteiger partial charge in [0.25, 0.3) is 5.69 Å². The minimum absolute atomic E-state index is 0.0560. The molecule has 0 fully saturated rings. The summed E-state index contributed by atoms with van der Waals surface area (Å²) in [5.41, 5.74) is 3.58. The van der Waals surface area contributed by atoms with Crippen LogP contribution in [0, 0.1) is 10.1 Å². The van der Waals surface area contributed by atoms with Gasteiger partial charge in [-0.1, -0.05) is 12.1 Å². The summed E-state index contributed by atoms with van der Waals surface area (Å²) >= 11 is 0. The molecule has 0 atom stereocenters. The number of nitro groups is 1. The molecule has 0 saturated carbocycles. The SMILES string of the molecule is COc1cc(/C=N\Nc2ccccc2[N+](=O)[O-])cc(OC)c1OC. The van der Waals surface area contributed by atoms with Gasteiger partial charge in [-0.15, -0.1) is 0 Å². The zero-order valence-electron chi connectivity index (χ0n) is 13.5. The molecule has 0 unspecified atom stereocenters. The molecule has 0 aliphatic carbocycles. The number of nitro benzene ring substituents is 1. The smallest absolute Gasteiger partial charge is 0.294 e. The number of para-hydroxylation sites is 2. The Morgan fingerprint density at radius 3 is 2.25 bits per heavy atom. The van der Waals surface area contributed by atoms with Crippen molar-refractivity contribution in [3.63, 3.8) is 0 Å². The van der Waals surface area contributed by atoms with Crippen LogP contribution in [-0.2, 0) is 0 Å². The van der Waals surface area contributed by atoms with Crippen molar-refractivity contribution >= 4 is 17.6 Å². The highest BCUT2D eigenvalue weighted by Crippen LogP contribution is 2.37. The van der Waals surface area contributed by atoms with Gasteiger partial charge in [-0.25, -0.2) is 0 Å². The van der Waals surface area contributed by atoms with Crippen LogP contribution < -0.4 is 19.6 Å². The molecule has 126 valence electrons. The number of methoxy groups -OCH3 is 3. The molecule has 0 spiro atoms. The molecule has 0 saturated heterocycles. The number of nitrogens with one attached hydrogen (secondary N) is 1. The van der Waals surface area contributed by atoms with Gasteiger partial charge in [-0.3, -0.25) is 15.5 Å². The van der Waals surface area contributed by atoms with Gasteiger partial charge < -0.3 is 14.2 Å². The molecule has 1 N–H and O–H groups in total. The minimum Gasteiger partial charge on any atom is -0.493 e. The second-order valence-electron chi connectivity index (χ2n) is 4.60. The van der Waals surface area contributed by atoms with E-state index in [1.54, 1.807) is 30.3 Å². The fourth-order valence-corrected chi connectivity index (χ4v) is 2.08. The highest BCUT2D eigenvalue weighted by molar-refractivity contribution is 5.83. The Labute approximate surface area is 138 Å². The Bertz CT molecular complexity index is 736. The fraction of sp³-hybridized carbons (Fsp3) is 0.188. The molecular weight excluding hydrogens is 314 g/mol. The third-order valence-electron chi connectivity index (χ3n) is 3.19. The van der Waals surface area contributed by atoms with Crippen LogP contribution in [0.1, 0.15) is 5.56 Å². The molecule has 8 heteroatoms. The van der Waals surface area contributed by atoms with E-state index in [1.807, 2.05) is 0 Å². The van der Waals surface area contributed by atoms with Gasteiger partial charge in [0.15, 0.2) is 11.5 Å². The van der Waals surface area contributed by atoms with Crippen molar-refractivity contribution in [1.82, 2.24) is 0 Å². The van der Waals surface area contributed by atoms with E-state index in [0.29, 0.717) is 28.5 Å². The van der Waals surface area contributed by atoms with Crippen LogP contribution >= 0.6 is 0 Å². The summed E-state index contributed by atoms with van der Waals surface area (Å²) in [5.74, 6) is 1.46. The first kappa shape index (κ1) is 17.1. The van der Waals surface area contributed by atoms with Gasteiger partial charge in [-0.05, 0) is 18.2 Å². The van der Waals surface area contributed by atoms with E-state index < -0.39 is 4.92 Å². The summed E-state index contributed by atoms with van der Waals surface area (Å²) in [6.07, 6.45) is 1.50. The van der Waals surface area contributed by atoms with Gasteiger partial charge in [0.2, 0.25) is 5.75 Å². The van der Waals surface area contributed by atoms with Gasteiger partial charge in [0, 0.05) is 11.6 Å². The van der Waals surface area contributed by atoms with E-state index in [2.05, 4.69) is 10.5 Å². The van der Waals surface area contributed by atoms with Crippen molar-refractivity contribution in [2.45, 2.75) is 0 Å². The number of ether oxygens (including phenoxy) is 3. The van der Waals surface area contributed by atoms with Crippen molar-refractivity contribution in [1.29, 1.82) is 0 Å². The number of hydrogen-bond acceptors (Lipinski definition) is 7. The number of benzene rings is 2. The number of hydrogen-bond donors (Lipinski definition) is 1. The van der Waals surface area contributed by atoms with Gasteiger partial charge in [0.1, 0.15) is 5.69 Å². The second-order valence-corrected chi connectivity index (χ2v) is 4.60.